The zero-order chi connectivity index (χ0) is 27.6. The van der Waals surface area contributed by atoms with E-state index in [9.17, 15) is 4.79 Å². The van der Waals surface area contributed by atoms with Crippen LogP contribution in [0.5, 0.6) is 5.75 Å². The minimum absolute atomic E-state index is 0.0583. The minimum Gasteiger partial charge on any atom is -0.480 e. The van der Waals surface area contributed by atoms with E-state index in [2.05, 4.69) is 0 Å². The fourth-order valence-corrected chi connectivity index (χ4v) is 5.17. The lowest BCUT2D eigenvalue weighted by Gasteiger charge is -2.37. The van der Waals surface area contributed by atoms with Crippen molar-refractivity contribution in [2.45, 2.75) is 83.7 Å². The van der Waals surface area contributed by atoms with Gasteiger partial charge in [-0.05, 0) is 54.0 Å². The van der Waals surface area contributed by atoms with E-state index in [1.54, 1.807) is 7.05 Å². The Balaban J connectivity index is 1.83. The number of carbonyl (C=O) groups excluding carboxylic acids is 1. The summed E-state index contributed by atoms with van der Waals surface area (Å²) in [5.41, 5.74) is -1.02. The van der Waals surface area contributed by atoms with Crippen LogP contribution in [-0.2, 0) is 19.6 Å². The van der Waals surface area contributed by atoms with Gasteiger partial charge in [0, 0.05) is 30.1 Å². The molecule has 2 atom stereocenters. The van der Waals surface area contributed by atoms with Gasteiger partial charge >= 0.3 is 13.2 Å². The lowest BCUT2D eigenvalue weighted by atomic mass is 9.69. The van der Waals surface area contributed by atoms with Gasteiger partial charge in [-0.25, -0.2) is 9.18 Å². The molecule has 2 aliphatic heterocycles. The third kappa shape index (κ3) is 4.84. The van der Waals surface area contributed by atoms with Crippen LogP contribution in [0, 0.1) is 5.82 Å². The average molecular weight is 532 g/mol. The molecule has 1 fully saturated rings. The van der Waals surface area contributed by atoms with Gasteiger partial charge < -0.3 is 23.7 Å². The third-order valence-corrected chi connectivity index (χ3v) is 8.00. The van der Waals surface area contributed by atoms with E-state index < -0.39 is 41.4 Å². The first kappa shape index (κ1) is 27.7. The second kappa shape index (κ2) is 9.17. The summed E-state index contributed by atoms with van der Waals surface area (Å²) < 4.78 is 40.0. The van der Waals surface area contributed by atoms with Gasteiger partial charge in [0.25, 0.3) is 0 Å². The summed E-state index contributed by atoms with van der Waals surface area (Å²) in [4.78, 5) is 14.4. The zero-order valence-corrected chi connectivity index (χ0v) is 23.8. The molecule has 9 heteroatoms. The molecule has 2 heterocycles. The molecule has 37 heavy (non-hydrogen) atoms. The lowest BCUT2D eigenvalue weighted by molar-refractivity contribution is -0.000668. The molecule has 6 nitrogen and oxygen atoms in total. The number of carbonyl (C=O) groups is 1. The normalized spacial score (nSPS) is 24.0. The van der Waals surface area contributed by atoms with Gasteiger partial charge in [-0.2, -0.15) is 0 Å². The Morgan fingerprint density at radius 2 is 1.70 bits per heavy atom. The molecular formula is C28H36BClFNO5. The fourth-order valence-electron chi connectivity index (χ4n) is 4.92. The molecule has 2 aliphatic rings. The van der Waals surface area contributed by atoms with Crippen LogP contribution in [0.3, 0.4) is 0 Å². The maximum absolute atomic E-state index is 15.2. The standard InChI is InChI=1S/C28H36BClFNO5/c1-17-21-20(15-19(31)23(30)22(21)29-36-26(5,6)27(7,8)37-29)34-28(17,18-13-11-10-12-14-18)16-32(9)24(33)35-25(2,3)4/h10-15,17H,16H2,1-9H3/t17-,28-/m0/s1. The molecule has 0 radical (unpaired) electrons. The van der Waals surface area contributed by atoms with Crippen LogP contribution < -0.4 is 10.2 Å². The number of hydrogen-bond donors (Lipinski definition) is 0. The van der Waals surface area contributed by atoms with Crippen molar-refractivity contribution in [1.29, 1.82) is 0 Å². The van der Waals surface area contributed by atoms with Gasteiger partial charge in [-0.1, -0.05) is 48.9 Å². The lowest BCUT2D eigenvalue weighted by Crippen LogP contribution is -2.48. The van der Waals surface area contributed by atoms with Crippen molar-refractivity contribution in [3.63, 3.8) is 0 Å². The van der Waals surface area contributed by atoms with Crippen LogP contribution in [0.4, 0.5) is 9.18 Å². The smallest absolute Gasteiger partial charge is 0.480 e. The minimum atomic E-state index is -1.04. The topological polar surface area (TPSA) is 57.2 Å². The van der Waals surface area contributed by atoms with Gasteiger partial charge in [0.05, 0.1) is 22.8 Å². The predicted molar refractivity (Wildman–Crippen MR) is 143 cm³/mol. The van der Waals surface area contributed by atoms with E-state index >= 15 is 4.39 Å². The van der Waals surface area contributed by atoms with Crippen LogP contribution in [0.2, 0.25) is 5.02 Å². The molecule has 0 N–H and O–H groups in total. The molecule has 1 amide bonds. The number of likely N-dealkylation sites (N-methyl/N-ethyl adjacent to an activating group) is 1. The number of nitrogens with zero attached hydrogens (tertiary/aromatic N) is 1. The SMILES string of the molecule is C[C@H]1c2c(cc(F)c(Cl)c2B2OC(C)(C)C(C)(C)O2)O[C@]1(CN(C)C(=O)OC(C)(C)C)c1ccccc1. The molecule has 1 saturated heterocycles. The first-order valence-corrected chi connectivity index (χ1v) is 12.9. The quantitative estimate of drug-likeness (QED) is 0.451. The summed E-state index contributed by atoms with van der Waals surface area (Å²) in [6.45, 7) is 15.3. The van der Waals surface area contributed by atoms with Crippen molar-refractivity contribution in [2.24, 2.45) is 0 Å². The monoisotopic (exact) mass is 531 g/mol. The van der Waals surface area contributed by atoms with E-state index in [1.807, 2.05) is 85.7 Å². The molecule has 0 saturated carbocycles. The number of rotatable bonds is 4. The molecule has 200 valence electrons. The highest BCUT2D eigenvalue weighted by molar-refractivity contribution is 6.66. The van der Waals surface area contributed by atoms with Crippen molar-refractivity contribution in [1.82, 2.24) is 4.90 Å². The molecule has 0 bridgehead atoms. The number of fused-ring (bicyclic) bond motifs is 1. The van der Waals surface area contributed by atoms with Gasteiger partial charge in [0.15, 0.2) is 5.60 Å². The molecule has 0 aliphatic carbocycles. The molecule has 2 aromatic carbocycles. The Bertz CT molecular complexity index is 1180. The summed E-state index contributed by atoms with van der Waals surface area (Å²) in [7, 11) is 0.781. The van der Waals surface area contributed by atoms with Gasteiger partial charge in [-0.3, -0.25) is 0 Å². The van der Waals surface area contributed by atoms with Gasteiger partial charge in [0.2, 0.25) is 0 Å². The van der Waals surface area contributed by atoms with Crippen molar-refractivity contribution in [3.05, 3.63) is 58.4 Å². The van der Waals surface area contributed by atoms with Crippen LogP contribution in [0.1, 0.15) is 72.4 Å². The average Bonchev–Trinajstić information content (AvgIpc) is 3.17. The van der Waals surface area contributed by atoms with Crippen LogP contribution >= 0.6 is 11.6 Å². The number of ether oxygens (including phenoxy) is 2. The van der Waals surface area contributed by atoms with Gasteiger partial charge in [0.1, 0.15) is 17.2 Å². The van der Waals surface area contributed by atoms with Crippen LogP contribution in [0.15, 0.2) is 36.4 Å². The van der Waals surface area contributed by atoms with Crippen molar-refractivity contribution < 1.29 is 28.0 Å². The Morgan fingerprint density at radius 1 is 1.14 bits per heavy atom. The highest BCUT2D eigenvalue weighted by Crippen LogP contribution is 2.52. The van der Waals surface area contributed by atoms with Crippen molar-refractivity contribution >= 4 is 30.3 Å². The maximum atomic E-state index is 15.2. The number of benzene rings is 2. The first-order chi connectivity index (χ1) is 17.0. The summed E-state index contributed by atoms with van der Waals surface area (Å²) in [5, 5.41) is -0.0583. The Labute approximate surface area is 224 Å². The largest absolute Gasteiger partial charge is 0.496 e. The van der Waals surface area contributed by atoms with Crippen LogP contribution in [-0.4, -0.2) is 48.5 Å². The van der Waals surface area contributed by atoms with Gasteiger partial charge in [-0.15, -0.1) is 0 Å². The highest BCUT2D eigenvalue weighted by Gasteiger charge is 2.57. The molecule has 4 rings (SSSR count). The van der Waals surface area contributed by atoms with Crippen molar-refractivity contribution in [3.8, 4) is 5.75 Å². The summed E-state index contributed by atoms with van der Waals surface area (Å²) in [6, 6.07) is 10.9. The van der Waals surface area contributed by atoms with E-state index in [0.717, 1.165) is 5.56 Å². The molecule has 2 aromatic rings. The van der Waals surface area contributed by atoms with E-state index in [0.29, 0.717) is 16.8 Å². The molecular weight excluding hydrogens is 496 g/mol. The van der Waals surface area contributed by atoms with E-state index in [-0.39, 0.29) is 17.5 Å². The number of halogens is 2. The second-order valence-corrected chi connectivity index (χ2v) is 12.4. The van der Waals surface area contributed by atoms with Crippen molar-refractivity contribution in [2.75, 3.05) is 13.6 Å². The van der Waals surface area contributed by atoms with Crippen LogP contribution in [0.25, 0.3) is 0 Å². The molecule has 0 aromatic heterocycles. The predicted octanol–water partition coefficient (Wildman–Crippen LogP) is 6.04. The Hall–Kier alpha value is -2.29. The third-order valence-electron chi connectivity index (χ3n) is 7.61. The Morgan fingerprint density at radius 3 is 2.24 bits per heavy atom. The number of amides is 1. The first-order valence-electron chi connectivity index (χ1n) is 12.6. The molecule has 0 unspecified atom stereocenters. The Kier molecular flexibility index (Phi) is 6.88. The van der Waals surface area contributed by atoms with E-state index in [1.165, 1.54) is 11.0 Å². The van der Waals surface area contributed by atoms with E-state index in [4.69, 9.17) is 30.4 Å². The summed E-state index contributed by atoms with van der Waals surface area (Å²) in [5.74, 6) is -0.621. The summed E-state index contributed by atoms with van der Waals surface area (Å²) >= 11 is 6.60. The summed E-state index contributed by atoms with van der Waals surface area (Å²) in [6.07, 6.45) is -0.482. The maximum Gasteiger partial charge on any atom is 0.496 e. The zero-order valence-electron chi connectivity index (χ0n) is 23.1. The second-order valence-electron chi connectivity index (χ2n) is 12.0. The highest BCUT2D eigenvalue weighted by atomic mass is 35.5. The molecule has 0 spiro atoms. The fraction of sp³-hybridized carbons (Fsp3) is 0.536. The number of hydrogen-bond acceptors (Lipinski definition) is 5.